The lowest BCUT2D eigenvalue weighted by atomic mass is 10.0. The molecule has 6 heteroatoms. The molecule has 0 aliphatic rings. The van der Waals surface area contributed by atoms with Gasteiger partial charge < -0.3 is 15.0 Å². The van der Waals surface area contributed by atoms with Crippen LogP contribution in [-0.4, -0.2) is 23.5 Å². The van der Waals surface area contributed by atoms with E-state index in [1.807, 2.05) is 49.4 Å². The first kappa shape index (κ1) is 17.2. The van der Waals surface area contributed by atoms with Gasteiger partial charge in [0, 0.05) is 10.7 Å². The van der Waals surface area contributed by atoms with E-state index < -0.39 is 5.97 Å². The zero-order valence-electron chi connectivity index (χ0n) is 13.6. The van der Waals surface area contributed by atoms with E-state index in [4.69, 9.17) is 4.74 Å². The molecule has 3 aromatic rings. The molecule has 0 aliphatic heterocycles. The van der Waals surface area contributed by atoms with Crippen molar-refractivity contribution in [3.8, 4) is 0 Å². The van der Waals surface area contributed by atoms with Crippen LogP contribution in [0, 0.1) is 0 Å². The van der Waals surface area contributed by atoms with Crippen molar-refractivity contribution >= 4 is 38.6 Å². The van der Waals surface area contributed by atoms with E-state index in [-0.39, 0.29) is 18.6 Å². The van der Waals surface area contributed by atoms with E-state index in [9.17, 15) is 9.59 Å². The minimum atomic E-state index is -0.570. The van der Waals surface area contributed by atoms with E-state index in [0.717, 1.165) is 20.8 Å². The number of carbonyl (C=O) groups excluding carboxylic acids is 2. The highest BCUT2D eigenvalue weighted by atomic mass is 79.9. The average molecular weight is 401 g/mol. The summed E-state index contributed by atoms with van der Waals surface area (Å²) >= 11 is 3.24. The monoisotopic (exact) mass is 400 g/mol. The third-order valence-electron chi connectivity index (χ3n) is 3.85. The average Bonchev–Trinajstić information content (AvgIpc) is 3.05. The van der Waals surface area contributed by atoms with Crippen molar-refractivity contribution in [2.24, 2.45) is 0 Å². The first-order valence-electron chi connectivity index (χ1n) is 7.82. The lowest BCUT2D eigenvalue weighted by molar-refractivity contribution is -0.124. The topological polar surface area (TPSA) is 71.2 Å². The number of ether oxygens (including phenoxy) is 1. The number of halogens is 1. The van der Waals surface area contributed by atoms with E-state index in [2.05, 4.69) is 26.2 Å². The molecule has 3 rings (SSSR count). The summed E-state index contributed by atoms with van der Waals surface area (Å²) < 4.78 is 5.75. The lowest BCUT2D eigenvalue weighted by Gasteiger charge is -2.15. The number of benzene rings is 2. The fourth-order valence-corrected chi connectivity index (χ4v) is 2.88. The van der Waals surface area contributed by atoms with E-state index >= 15 is 0 Å². The number of H-pyrrole nitrogens is 1. The van der Waals surface area contributed by atoms with Crippen LogP contribution in [0.5, 0.6) is 0 Å². The standard InChI is InChI=1S/C19H17BrN2O3/c1-12(14-7-6-13-4-2-3-5-15(13)8-14)22-18(23)11-25-19(24)17-9-16(20)10-21-17/h2-10,12,21H,11H2,1H3,(H,22,23). The van der Waals surface area contributed by atoms with Crippen molar-refractivity contribution in [3.05, 3.63) is 70.5 Å². The minimum absolute atomic E-state index is 0.185. The lowest BCUT2D eigenvalue weighted by Crippen LogP contribution is -2.31. The predicted molar refractivity (Wildman–Crippen MR) is 99.3 cm³/mol. The zero-order chi connectivity index (χ0) is 17.8. The highest BCUT2D eigenvalue weighted by Gasteiger charge is 2.14. The van der Waals surface area contributed by atoms with Crippen molar-refractivity contribution in [3.63, 3.8) is 0 Å². The number of aromatic amines is 1. The third-order valence-corrected chi connectivity index (χ3v) is 4.31. The molecule has 1 atom stereocenters. The Kier molecular flexibility index (Phi) is 5.19. The van der Waals surface area contributed by atoms with Gasteiger partial charge in [0.1, 0.15) is 5.69 Å². The number of hydrogen-bond acceptors (Lipinski definition) is 3. The Balaban J connectivity index is 1.57. The van der Waals surface area contributed by atoms with Gasteiger partial charge in [0.15, 0.2) is 6.61 Å². The van der Waals surface area contributed by atoms with Gasteiger partial charge >= 0.3 is 5.97 Å². The maximum Gasteiger partial charge on any atom is 0.355 e. The molecular weight excluding hydrogens is 384 g/mol. The molecule has 1 amide bonds. The van der Waals surface area contributed by atoms with E-state index in [1.54, 1.807) is 12.3 Å². The Morgan fingerprint density at radius 3 is 2.64 bits per heavy atom. The molecule has 2 N–H and O–H groups in total. The summed E-state index contributed by atoms with van der Waals surface area (Å²) in [5.74, 6) is -0.918. The second kappa shape index (κ2) is 7.53. The summed E-state index contributed by atoms with van der Waals surface area (Å²) in [6.45, 7) is 1.57. The summed E-state index contributed by atoms with van der Waals surface area (Å²) in [6.07, 6.45) is 1.62. The predicted octanol–water partition coefficient (Wildman–Crippen LogP) is 3.96. The number of fused-ring (bicyclic) bond motifs is 1. The van der Waals surface area contributed by atoms with Crippen LogP contribution in [0.25, 0.3) is 10.8 Å². The SMILES string of the molecule is CC(NC(=O)COC(=O)c1cc(Br)c[nH]1)c1ccc2ccccc2c1. The normalized spacial score (nSPS) is 11.9. The van der Waals surface area contributed by atoms with Gasteiger partial charge in [-0.2, -0.15) is 0 Å². The quantitative estimate of drug-likeness (QED) is 0.636. The first-order chi connectivity index (χ1) is 12.0. The number of carbonyl (C=O) groups is 2. The highest BCUT2D eigenvalue weighted by molar-refractivity contribution is 9.10. The van der Waals surface area contributed by atoms with Gasteiger partial charge in [-0.3, -0.25) is 4.79 Å². The second-order valence-electron chi connectivity index (χ2n) is 5.70. The van der Waals surface area contributed by atoms with Gasteiger partial charge in [0.05, 0.1) is 6.04 Å². The number of hydrogen-bond donors (Lipinski definition) is 2. The smallest absolute Gasteiger partial charge is 0.355 e. The van der Waals surface area contributed by atoms with Crippen LogP contribution >= 0.6 is 15.9 Å². The van der Waals surface area contributed by atoms with Crippen LogP contribution in [-0.2, 0) is 9.53 Å². The van der Waals surface area contributed by atoms with Crippen molar-refractivity contribution in [1.82, 2.24) is 10.3 Å². The Morgan fingerprint density at radius 2 is 1.92 bits per heavy atom. The fraction of sp³-hybridized carbons (Fsp3) is 0.158. The fourth-order valence-electron chi connectivity index (χ4n) is 2.54. The molecule has 0 aliphatic carbocycles. The third kappa shape index (κ3) is 4.28. The molecule has 1 aromatic heterocycles. The van der Waals surface area contributed by atoms with Crippen LogP contribution in [0.3, 0.4) is 0 Å². The first-order valence-corrected chi connectivity index (χ1v) is 8.61. The number of esters is 1. The van der Waals surface area contributed by atoms with Crippen molar-refractivity contribution in [2.75, 3.05) is 6.61 Å². The number of aromatic nitrogens is 1. The van der Waals surface area contributed by atoms with Gasteiger partial charge in [-0.05, 0) is 51.3 Å². The molecule has 0 saturated carbocycles. The number of amides is 1. The van der Waals surface area contributed by atoms with E-state index in [1.165, 1.54) is 0 Å². The number of rotatable bonds is 5. The van der Waals surface area contributed by atoms with Gasteiger partial charge in [-0.1, -0.05) is 36.4 Å². The maximum atomic E-state index is 12.0. The Labute approximate surface area is 153 Å². The molecule has 0 spiro atoms. The molecule has 1 heterocycles. The highest BCUT2D eigenvalue weighted by Crippen LogP contribution is 2.20. The van der Waals surface area contributed by atoms with Crippen LogP contribution in [0.4, 0.5) is 0 Å². The maximum absolute atomic E-state index is 12.0. The molecule has 0 fully saturated rings. The van der Waals surface area contributed by atoms with Gasteiger partial charge in [0.25, 0.3) is 5.91 Å². The van der Waals surface area contributed by atoms with Gasteiger partial charge in [-0.25, -0.2) is 4.79 Å². The Morgan fingerprint density at radius 1 is 1.16 bits per heavy atom. The number of nitrogens with one attached hydrogen (secondary N) is 2. The van der Waals surface area contributed by atoms with Crippen molar-refractivity contribution in [1.29, 1.82) is 0 Å². The van der Waals surface area contributed by atoms with Crippen molar-refractivity contribution in [2.45, 2.75) is 13.0 Å². The minimum Gasteiger partial charge on any atom is -0.451 e. The summed E-state index contributed by atoms with van der Waals surface area (Å²) in [5, 5.41) is 5.10. The molecular formula is C19H17BrN2O3. The molecule has 128 valence electrons. The largest absolute Gasteiger partial charge is 0.451 e. The molecule has 0 saturated heterocycles. The van der Waals surface area contributed by atoms with Crippen LogP contribution < -0.4 is 5.32 Å². The molecule has 1 unspecified atom stereocenters. The van der Waals surface area contributed by atoms with Gasteiger partial charge in [0.2, 0.25) is 0 Å². The summed E-state index contributed by atoms with van der Waals surface area (Å²) in [4.78, 5) is 26.6. The Bertz CT molecular complexity index is 920. The van der Waals surface area contributed by atoms with Crippen LogP contribution in [0.2, 0.25) is 0 Å². The summed E-state index contributed by atoms with van der Waals surface area (Å²) in [7, 11) is 0. The van der Waals surface area contributed by atoms with Crippen molar-refractivity contribution < 1.29 is 14.3 Å². The molecule has 25 heavy (non-hydrogen) atoms. The Hall–Kier alpha value is -2.60. The summed E-state index contributed by atoms with van der Waals surface area (Å²) in [6, 6.07) is 15.5. The van der Waals surface area contributed by atoms with Crippen LogP contribution in [0.15, 0.2) is 59.2 Å². The zero-order valence-corrected chi connectivity index (χ0v) is 15.2. The van der Waals surface area contributed by atoms with Gasteiger partial charge in [-0.15, -0.1) is 0 Å². The second-order valence-corrected chi connectivity index (χ2v) is 6.62. The molecule has 5 nitrogen and oxygen atoms in total. The summed E-state index contributed by atoms with van der Waals surface area (Å²) in [5.41, 5.74) is 1.29. The molecule has 0 radical (unpaired) electrons. The molecule has 0 bridgehead atoms. The van der Waals surface area contributed by atoms with E-state index in [0.29, 0.717) is 5.69 Å². The van der Waals surface area contributed by atoms with Crippen LogP contribution in [0.1, 0.15) is 29.0 Å². The molecule has 2 aromatic carbocycles.